The predicted octanol–water partition coefficient (Wildman–Crippen LogP) is 0.519. The minimum absolute atomic E-state index is 0.120. The molecular formula is C14H26N4O2. The predicted molar refractivity (Wildman–Crippen MR) is 77.2 cm³/mol. The van der Waals surface area contributed by atoms with Crippen molar-refractivity contribution in [1.82, 2.24) is 15.1 Å². The van der Waals surface area contributed by atoms with E-state index >= 15 is 0 Å². The van der Waals surface area contributed by atoms with E-state index in [9.17, 15) is 9.59 Å². The third-order valence-electron chi connectivity index (χ3n) is 4.33. The third-order valence-corrected chi connectivity index (χ3v) is 4.33. The fraction of sp³-hybridized carbons (Fsp3) is 0.857. The van der Waals surface area contributed by atoms with Crippen molar-refractivity contribution in [3.8, 4) is 0 Å². The van der Waals surface area contributed by atoms with Crippen LogP contribution >= 0.6 is 0 Å². The van der Waals surface area contributed by atoms with Crippen molar-refractivity contribution in [1.29, 1.82) is 0 Å². The van der Waals surface area contributed by atoms with Crippen molar-refractivity contribution in [3.05, 3.63) is 0 Å². The summed E-state index contributed by atoms with van der Waals surface area (Å²) < 4.78 is 0. The van der Waals surface area contributed by atoms with Crippen molar-refractivity contribution in [3.63, 3.8) is 0 Å². The third kappa shape index (κ3) is 2.96. The highest BCUT2D eigenvalue weighted by Crippen LogP contribution is 2.20. The molecule has 0 spiro atoms. The van der Waals surface area contributed by atoms with Crippen molar-refractivity contribution < 1.29 is 9.59 Å². The second kappa shape index (κ2) is 5.69. The molecule has 2 saturated heterocycles. The van der Waals surface area contributed by atoms with Crippen LogP contribution in [0.5, 0.6) is 0 Å². The van der Waals surface area contributed by atoms with E-state index in [1.54, 1.807) is 13.8 Å². The molecule has 2 unspecified atom stereocenters. The number of rotatable bonds is 4. The normalized spacial score (nSPS) is 28.6. The number of amides is 3. The van der Waals surface area contributed by atoms with E-state index in [4.69, 9.17) is 5.73 Å². The molecule has 114 valence electrons. The number of carbonyl (C=O) groups is 2. The highest BCUT2D eigenvalue weighted by Gasteiger charge is 2.44. The molecule has 0 saturated carbocycles. The molecular weight excluding hydrogens is 256 g/mol. The van der Waals surface area contributed by atoms with Gasteiger partial charge in [0.15, 0.2) is 0 Å². The van der Waals surface area contributed by atoms with Gasteiger partial charge in [-0.25, -0.2) is 4.79 Å². The first-order valence-corrected chi connectivity index (χ1v) is 7.46. The highest BCUT2D eigenvalue weighted by atomic mass is 16.2. The lowest BCUT2D eigenvalue weighted by molar-refractivity contribution is -0.130. The highest BCUT2D eigenvalue weighted by molar-refractivity contribution is 6.06. The molecule has 0 aliphatic carbocycles. The van der Waals surface area contributed by atoms with Crippen molar-refractivity contribution in [2.75, 3.05) is 19.6 Å². The van der Waals surface area contributed by atoms with Gasteiger partial charge in [-0.1, -0.05) is 6.42 Å². The molecule has 2 aliphatic rings. The molecule has 3 N–H and O–H groups in total. The van der Waals surface area contributed by atoms with Crippen LogP contribution < -0.4 is 11.1 Å². The molecule has 0 aromatic carbocycles. The van der Waals surface area contributed by atoms with Crippen LogP contribution in [0.4, 0.5) is 4.79 Å². The minimum Gasteiger partial charge on any atom is -0.327 e. The van der Waals surface area contributed by atoms with Gasteiger partial charge < -0.3 is 11.1 Å². The van der Waals surface area contributed by atoms with Gasteiger partial charge in [-0.15, -0.1) is 0 Å². The van der Waals surface area contributed by atoms with Crippen LogP contribution in [0.25, 0.3) is 0 Å². The van der Waals surface area contributed by atoms with Crippen LogP contribution in [-0.4, -0.2) is 59.0 Å². The molecule has 3 amide bonds. The standard InChI is InChI=1S/C14H26N4O2/c1-10(15)11-6-4-5-7-17(11)8-9-18-12(19)14(2,3)16-13(18)20/h10-11H,4-9,15H2,1-3H3,(H,16,20). The number of urea groups is 1. The van der Waals surface area contributed by atoms with E-state index in [2.05, 4.69) is 10.2 Å². The van der Waals surface area contributed by atoms with Gasteiger partial charge in [-0.3, -0.25) is 14.6 Å². The van der Waals surface area contributed by atoms with Crippen molar-refractivity contribution >= 4 is 11.9 Å². The molecule has 0 aromatic heterocycles. The van der Waals surface area contributed by atoms with Gasteiger partial charge in [0.05, 0.1) is 0 Å². The quantitative estimate of drug-likeness (QED) is 0.737. The number of imide groups is 1. The number of hydrogen-bond donors (Lipinski definition) is 2. The fourth-order valence-corrected chi connectivity index (χ4v) is 3.14. The van der Waals surface area contributed by atoms with Gasteiger partial charge in [0.1, 0.15) is 5.54 Å². The van der Waals surface area contributed by atoms with Gasteiger partial charge in [0.25, 0.3) is 5.91 Å². The molecule has 2 aliphatic heterocycles. The Morgan fingerprint density at radius 1 is 1.35 bits per heavy atom. The molecule has 2 atom stereocenters. The summed E-state index contributed by atoms with van der Waals surface area (Å²) in [4.78, 5) is 27.6. The maximum atomic E-state index is 12.1. The Bertz CT molecular complexity index is 395. The van der Waals surface area contributed by atoms with E-state index in [-0.39, 0.29) is 18.0 Å². The SMILES string of the molecule is CC(N)C1CCCCN1CCN1C(=O)NC(C)(C)C1=O. The van der Waals surface area contributed by atoms with Crippen LogP contribution in [0, 0.1) is 0 Å². The van der Waals surface area contributed by atoms with Crippen LogP contribution in [-0.2, 0) is 4.79 Å². The topological polar surface area (TPSA) is 78.7 Å². The van der Waals surface area contributed by atoms with Gasteiger partial charge in [-0.05, 0) is 40.2 Å². The summed E-state index contributed by atoms with van der Waals surface area (Å²) >= 11 is 0. The molecule has 20 heavy (non-hydrogen) atoms. The summed E-state index contributed by atoms with van der Waals surface area (Å²) in [7, 11) is 0. The van der Waals surface area contributed by atoms with Gasteiger partial charge in [0.2, 0.25) is 0 Å². The Labute approximate surface area is 120 Å². The first-order chi connectivity index (χ1) is 9.33. The van der Waals surface area contributed by atoms with Crippen LogP contribution in [0.15, 0.2) is 0 Å². The Balaban J connectivity index is 1.94. The van der Waals surface area contributed by atoms with Gasteiger partial charge in [-0.2, -0.15) is 0 Å². The smallest absolute Gasteiger partial charge is 0.325 e. The number of carbonyl (C=O) groups excluding carboxylic acids is 2. The average molecular weight is 282 g/mol. The monoisotopic (exact) mass is 282 g/mol. The molecule has 2 fully saturated rings. The molecule has 2 heterocycles. The fourth-order valence-electron chi connectivity index (χ4n) is 3.14. The van der Waals surface area contributed by atoms with Crippen molar-refractivity contribution in [2.24, 2.45) is 5.73 Å². The van der Waals surface area contributed by atoms with E-state index in [0.29, 0.717) is 19.1 Å². The largest absolute Gasteiger partial charge is 0.327 e. The second-order valence-electron chi connectivity index (χ2n) is 6.47. The zero-order valence-corrected chi connectivity index (χ0v) is 12.7. The lowest BCUT2D eigenvalue weighted by Crippen LogP contribution is -2.51. The summed E-state index contributed by atoms with van der Waals surface area (Å²) in [5.41, 5.74) is 5.26. The molecule has 6 nitrogen and oxygen atoms in total. The van der Waals surface area contributed by atoms with Crippen LogP contribution in [0.1, 0.15) is 40.0 Å². The Kier molecular flexibility index (Phi) is 4.34. The number of nitrogens with one attached hydrogen (secondary N) is 1. The number of nitrogens with zero attached hydrogens (tertiary/aromatic N) is 2. The van der Waals surface area contributed by atoms with Gasteiger partial charge >= 0.3 is 6.03 Å². The first-order valence-electron chi connectivity index (χ1n) is 7.46. The maximum Gasteiger partial charge on any atom is 0.325 e. The minimum atomic E-state index is -0.778. The average Bonchev–Trinajstić information content (AvgIpc) is 2.57. The Morgan fingerprint density at radius 2 is 2.05 bits per heavy atom. The summed E-state index contributed by atoms with van der Waals surface area (Å²) in [5, 5.41) is 2.71. The molecule has 0 radical (unpaired) electrons. The van der Waals surface area contributed by atoms with E-state index in [0.717, 1.165) is 19.4 Å². The van der Waals surface area contributed by atoms with E-state index in [1.165, 1.54) is 11.3 Å². The van der Waals surface area contributed by atoms with E-state index < -0.39 is 5.54 Å². The lowest BCUT2D eigenvalue weighted by atomic mass is 9.97. The number of nitrogens with two attached hydrogens (primary N) is 1. The maximum absolute atomic E-state index is 12.1. The Morgan fingerprint density at radius 3 is 2.60 bits per heavy atom. The summed E-state index contributed by atoms with van der Waals surface area (Å²) in [6, 6.07) is 0.196. The summed E-state index contributed by atoms with van der Waals surface area (Å²) in [6.45, 7) is 7.65. The van der Waals surface area contributed by atoms with E-state index in [1.807, 2.05) is 6.92 Å². The lowest BCUT2D eigenvalue weighted by Gasteiger charge is -2.38. The first kappa shape index (κ1) is 15.3. The molecule has 0 bridgehead atoms. The Hall–Kier alpha value is -1.14. The molecule has 0 aromatic rings. The summed E-state index contributed by atoms with van der Waals surface area (Å²) in [6.07, 6.45) is 3.47. The zero-order valence-electron chi connectivity index (χ0n) is 12.7. The molecule has 6 heteroatoms. The van der Waals surface area contributed by atoms with Crippen molar-refractivity contribution in [2.45, 2.75) is 57.7 Å². The zero-order chi connectivity index (χ0) is 14.9. The van der Waals surface area contributed by atoms with Crippen LogP contribution in [0.2, 0.25) is 0 Å². The van der Waals surface area contributed by atoms with Gasteiger partial charge in [0, 0.05) is 25.2 Å². The molecule has 2 rings (SSSR count). The summed E-state index contributed by atoms with van der Waals surface area (Å²) in [5.74, 6) is -0.142. The van der Waals surface area contributed by atoms with Crippen LogP contribution in [0.3, 0.4) is 0 Å². The number of likely N-dealkylation sites (tertiary alicyclic amines) is 1. The number of hydrogen-bond acceptors (Lipinski definition) is 4. The number of piperidine rings is 1. The second-order valence-corrected chi connectivity index (χ2v) is 6.47.